The first-order valence-corrected chi connectivity index (χ1v) is 7.95. The van der Waals surface area contributed by atoms with E-state index in [1.807, 2.05) is 62.0 Å². The van der Waals surface area contributed by atoms with Gasteiger partial charge >= 0.3 is 0 Å². The molecule has 124 valence electrons. The quantitative estimate of drug-likeness (QED) is 0.781. The van der Waals surface area contributed by atoms with Crippen molar-refractivity contribution in [2.45, 2.75) is 33.4 Å². The van der Waals surface area contributed by atoms with Crippen molar-refractivity contribution in [3.8, 4) is 11.3 Å². The van der Waals surface area contributed by atoms with Gasteiger partial charge in [-0.3, -0.25) is 9.48 Å². The first-order valence-electron chi connectivity index (χ1n) is 7.95. The van der Waals surface area contributed by atoms with Crippen molar-refractivity contribution in [1.82, 2.24) is 20.3 Å². The van der Waals surface area contributed by atoms with Crippen LogP contribution in [0.4, 0.5) is 0 Å². The van der Waals surface area contributed by atoms with Gasteiger partial charge < -0.3 is 9.84 Å². The molecule has 24 heavy (non-hydrogen) atoms. The molecule has 0 aliphatic carbocycles. The van der Waals surface area contributed by atoms with Gasteiger partial charge in [0.25, 0.3) is 5.91 Å². The molecule has 0 saturated heterocycles. The lowest BCUT2D eigenvalue weighted by Gasteiger charge is -2.11. The topological polar surface area (TPSA) is 73.0 Å². The summed E-state index contributed by atoms with van der Waals surface area (Å²) in [5.41, 5.74) is 3.06. The molecule has 6 nitrogen and oxygen atoms in total. The van der Waals surface area contributed by atoms with Crippen LogP contribution in [0.2, 0.25) is 0 Å². The van der Waals surface area contributed by atoms with E-state index < -0.39 is 0 Å². The third-order valence-corrected chi connectivity index (χ3v) is 3.92. The summed E-state index contributed by atoms with van der Waals surface area (Å²) in [6.07, 6.45) is 1.96. The molecule has 0 saturated carbocycles. The van der Waals surface area contributed by atoms with Crippen LogP contribution in [0, 0.1) is 6.92 Å². The van der Waals surface area contributed by atoms with E-state index in [4.69, 9.17) is 4.52 Å². The minimum atomic E-state index is -0.267. The number of carbonyl (C=O) groups is 1. The number of aryl methyl sites for hydroxylation is 2. The zero-order chi connectivity index (χ0) is 17.1. The maximum atomic E-state index is 12.4. The molecule has 0 unspecified atom stereocenters. The van der Waals surface area contributed by atoms with Crippen molar-refractivity contribution >= 4 is 5.91 Å². The largest absolute Gasteiger partial charge is 0.355 e. The number of aromatic nitrogens is 3. The van der Waals surface area contributed by atoms with Crippen LogP contribution in [0.5, 0.6) is 0 Å². The van der Waals surface area contributed by atoms with Gasteiger partial charge in [0.2, 0.25) is 0 Å². The Hall–Kier alpha value is -2.89. The molecule has 3 aromatic rings. The molecular weight excluding hydrogens is 304 g/mol. The van der Waals surface area contributed by atoms with E-state index >= 15 is 0 Å². The Morgan fingerprint density at radius 1 is 1.33 bits per heavy atom. The zero-order valence-electron chi connectivity index (χ0n) is 14.0. The van der Waals surface area contributed by atoms with Crippen LogP contribution in [0.1, 0.15) is 41.6 Å². The van der Waals surface area contributed by atoms with Gasteiger partial charge in [-0.1, -0.05) is 35.5 Å². The number of nitrogens with zero attached hydrogens (tertiary/aromatic N) is 3. The number of nitrogens with one attached hydrogen (secondary N) is 1. The fourth-order valence-corrected chi connectivity index (χ4v) is 2.59. The predicted octanol–water partition coefficient (Wildman–Crippen LogP) is 3.36. The third-order valence-electron chi connectivity index (χ3n) is 3.92. The SMILES string of the molecule is CCn1cc([C@H](C)NC(=O)c2cc(-c3ccccc3)on2)c(C)n1. The summed E-state index contributed by atoms with van der Waals surface area (Å²) >= 11 is 0. The Balaban J connectivity index is 1.73. The summed E-state index contributed by atoms with van der Waals surface area (Å²) in [6, 6.07) is 11.1. The van der Waals surface area contributed by atoms with Crippen molar-refractivity contribution in [3.63, 3.8) is 0 Å². The highest BCUT2D eigenvalue weighted by Gasteiger charge is 2.19. The highest BCUT2D eigenvalue weighted by Crippen LogP contribution is 2.21. The molecule has 6 heteroatoms. The number of hydrogen-bond acceptors (Lipinski definition) is 4. The second-order valence-electron chi connectivity index (χ2n) is 5.66. The third kappa shape index (κ3) is 3.22. The van der Waals surface area contributed by atoms with E-state index in [-0.39, 0.29) is 17.6 Å². The van der Waals surface area contributed by atoms with E-state index in [2.05, 4.69) is 15.6 Å². The highest BCUT2D eigenvalue weighted by molar-refractivity contribution is 5.93. The van der Waals surface area contributed by atoms with Crippen LogP contribution in [0.15, 0.2) is 47.1 Å². The van der Waals surface area contributed by atoms with E-state index in [0.717, 1.165) is 23.4 Å². The van der Waals surface area contributed by atoms with Crippen LogP contribution in [0.3, 0.4) is 0 Å². The summed E-state index contributed by atoms with van der Waals surface area (Å²) < 4.78 is 7.14. The molecule has 1 N–H and O–H groups in total. The summed E-state index contributed by atoms with van der Waals surface area (Å²) in [6.45, 7) is 6.69. The van der Waals surface area contributed by atoms with Crippen molar-refractivity contribution in [3.05, 3.63) is 59.5 Å². The fraction of sp³-hybridized carbons (Fsp3) is 0.278. The van der Waals surface area contributed by atoms with Crippen LogP contribution >= 0.6 is 0 Å². The number of amides is 1. The minimum Gasteiger partial charge on any atom is -0.355 e. The first kappa shape index (κ1) is 16.0. The van der Waals surface area contributed by atoms with Crippen LogP contribution in [-0.4, -0.2) is 20.8 Å². The first-order chi connectivity index (χ1) is 11.6. The standard InChI is InChI=1S/C18H20N4O2/c1-4-22-11-15(13(3)20-22)12(2)19-18(23)16-10-17(24-21-16)14-8-6-5-7-9-14/h5-12H,4H2,1-3H3,(H,19,23)/t12-/m0/s1. The Morgan fingerprint density at radius 2 is 2.08 bits per heavy atom. The molecular formula is C18H20N4O2. The van der Waals surface area contributed by atoms with Gasteiger partial charge in [0.1, 0.15) is 0 Å². The molecule has 0 radical (unpaired) electrons. The lowest BCUT2D eigenvalue weighted by atomic mass is 10.1. The van der Waals surface area contributed by atoms with Gasteiger partial charge in [-0.15, -0.1) is 0 Å². The van der Waals surface area contributed by atoms with Gasteiger partial charge in [-0.2, -0.15) is 5.10 Å². The second-order valence-corrected chi connectivity index (χ2v) is 5.66. The molecule has 2 heterocycles. The van der Waals surface area contributed by atoms with Crippen molar-refractivity contribution in [1.29, 1.82) is 0 Å². The Labute approximate surface area is 140 Å². The molecule has 0 bridgehead atoms. The molecule has 1 amide bonds. The van der Waals surface area contributed by atoms with E-state index in [9.17, 15) is 4.79 Å². The summed E-state index contributed by atoms with van der Waals surface area (Å²) in [7, 11) is 0. The minimum absolute atomic E-state index is 0.158. The molecule has 1 atom stereocenters. The average Bonchev–Trinajstić information content (AvgIpc) is 3.22. The van der Waals surface area contributed by atoms with Crippen molar-refractivity contribution in [2.24, 2.45) is 0 Å². The Bertz CT molecular complexity index is 836. The normalized spacial score (nSPS) is 12.1. The van der Waals surface area contributed by atoms with Crippen LogP contribution in [-0.2, 0) is 6.54 Å². The predicted molar refractivity (Wildman–Crippen MR) is 90.5 cm³/mol. The molecule has 0 fully saturated rings. The summed E-state index contributed by atoms with van der Waals surface area (Å²) in [5, 5.41) is 11.2. The number of carbonyl (C=O) groups excluding carboxylic acids is 1. The van der Waals surface area contributed by atoms with E-state index in [1.165, 1.54) is 0 Å². The maximum absolute atomic E-state index is 12.4. The Morgan fingerprint density at radius 3 is 2.75 bits per heavy atom. The van der Waals surface area contributed by atoms with Gasteiger partial charge in [-0.25, -0.2) is 0 Å². The smallest absolute Gasteiger partial charge is 0.273 e. The monoisotopic (exact) mass is 324 g/mol. The highest BCUT2D eigenvalue weighted by atomic mass is 16.5. The Kier molecular flexibility index (Phi) is 4.46. The molecule has 0 spiro atoms. The number of hydrogen-bond donors (Lipinski definition) is 1. The fourth-order valence-electron chi connectivity index (χ4n) is 2.59. The molecule has 0 aliphatic rings. The lowest BCUT2D eigenvalue weighted by Crippen LogP contribution is -2.27. The van der Waals surface area contributed by atoms with Gasteiger partial charge in [0.15, 0.2) is 11.5 Å². The maximum Gasteiger partial charge on any atom is 0.273 e. The number of rotatable bonds is 5. The van der Waals surface area contributed by atoms with E-state index in [1.54, 1.807) is 6.07 Å². The van der Waals surface area contributed by atoms with Crippen molar-refractivity contribution in [2.75, 3.05) is 0 Å². The van der Waals surface area contributed by atoms with Gasteiger partial charge in [0.05, 0.1) is 11.7 Å². The molecule has 1 aromatic carbocycles. The molecule has 2 aromatic heterocycles. The van der Waals surface area contributed by atoms with E-state index in [0.29, 0.717) is 5.76 Å². The van der Waals surface area contributed by atoms with Crippen LogP contribution in [0.25, 0.3) is 11.3 Å². The average molecular weight is 324 g/mol. The van der Waals surface area contributed by atoms with Crippen LogP contribution < -0.4 is 5.32 Å². The molecule has 3 rings (SSSR count). The molecule has 0 aliphatic heterocycles. The zero-order valence-corrected chi connectivity index (χ0v) is 14.0. The van der Waals surface area contributed by atoms with Gasteiger partial charge in [0, 0.05) is 29.9 Å². The summed E-state index contributed by atoms with van der Waals surface area (Å²) in [5.74, 6) is 0.306. The second kappa shape index (κ2) is 6.70. The lowest BCUT2D eigenvalue weighted by molar-refractivity contribution is 0.0931. The van der Waals surface area contributed by atoms with Crippen molar-refractivity contribution < 1.29 is 9.32 Å². The number of benzene rings is 1. The van der Waals surface area contributed by atoms with Gasteiger partial charge in [-0.05, 0) is 20.8 Å². The summed E-state index contributed by atoms with van der Waals surface area (Å²) in [4.78, 5) is 12.4.